The molecule has 0 aromatic heterocycles. The fourth-order valence-electron chi connectivity index (χ4n) is 2.55. The van der Waals surface area contributed by atoms with Crippen LogP contribution in [0, 0.1) is 0 Å². The Hall–Kier alpha value is -3.60. The minimum Gasteiger partial charge on any atom is -0.489 e. The van der Waals surface area contributed by atoms with Crippen LogP contribution in [0.5, 0.6) is 5.75 Å². The van der Waals surface area contributed by atoms with Crippen molar-refractivity contribution < 1.29 is 19.1 Å². The molecule has 1 amide bonds. The number of carbonyl (C=O) groups is 2. The van der Waals surface area contributed by atoms with Crippen molar-refractivity contribution in [3.8, 4) is 5.75 Å². The van der Waals surface area contributed by atoms with Gasteiger partial charge in [0.05, 0.1) is 12.7 Å². The Labute approximate surface area is 157 Å². The Morgan fingerprint density at radius 3 is 2.22 bits per heavy atom. The minimum absolute atomic E-state index is 0.243. The van der Waals surface area contributed by atoms with Gasteiger partial charge in [0.1, 0.15) is 12.4 Å². The van der Waals surface area contributed by atoms with E-state index >= 15 is 0 Å². The summed E-state index contributed by atoms with van der Waals surface area (Å²) in [6.45, 7) is 0.287. The van der Waals surface area contributed by atoms with Gasteiger partial charge in [0.25, 0.3) is 5.91 Å². The van der Waals surface area contributed by atoms with E-state index in [1.165, 1.54) is 7.11 Å². The average Bonchev–Trinajstić information content (AvgIpc) is 2.73. The number of esters is 1. The van der Waals surface area contributed by atoms with Gasteiger partial charge in [-0.1, -0.05) is 36.4 Å². The molecule has 5 heteroatoms. The van der Waals surface area contributed by atoms with Crippen molar-refractivity contribution in [3.05, 3.63) is 95.6 Å². The summed E-state index contributed by atoms with van der Waals surface area (Å²) in [6.07, 6.45) is 0. The number of nitrogens with one attached hydrogen (secondary N) is 1. The third-order valence-electron chi connectivity index (χ3n) is 3.96. The first-order valence-corrected chi connectivity index (χ1v) is 8.43. The molecule has 0 saturated carbocycles. The zero-order chi connectivity index (χ0) is 19.1. The molecule has 0 fully saturated rings. The van der Waals surface area contributed by atoms with Crippen molar-refractivity contribution in [3.63, 3.8) is 0 Å². The van der Waals surface area contributed by atoms with Crippen LogP contribution in [-0.4, -0.2) is 19.0 Å². The molecule has 0 aliphatic heterocycles. The molecule has 136 valence electrons. The van der Waals surface area contributed by atoms with E-state index in [0.29, 0.717) is 16.8 Å². The topological polar surface area (TPSA) is 64.6 Å². The molecule has 0 aliphatic rings. The number of anilines is 1. The van der Waals surface area contributed by atoms with Crippen LogP contribution in [0.1, 0.15) is 26.3 Å². The molecule has 3 aromatic carbocycles. The molecule has 3 aromatic rings. The van der Waals surface area contributed by atoms with Crippen molar-refractivity contribution in [2.24, 2.45) is 0 Å². The van der Waals surface area contributed by atoms with Crippen LogP contribution in [-0.2, 0) is 11.3 Å². The predicted molar refractivity (Wildman–Crippen MR) is 103 cm³/mol. The zero-order valence-corrected chi connectivity index (χ0v) is 14.8. The molecule has 0 spiro atoms. The zero-order valence-electron chi connectivity index (χ0n) is 14.8. The number of para-hydroxylation sites is 1. The van der Waals surface area contributed by atoms with Crippen LogP contribution in [0.3, 0.4) is 0 Å². The lowest BCUT2D eigenvalue weighted by atomic mass is 10.1. The molecule has 0 radical (unpaired) electrons. The van der Waals surface area contributed by atoms with Gasteiger partial charge in [0.2, 0.25) is 0 Å². The molecule has 0 bridgehead atoms. The maximum absolute atomic E-state index is 12.7. The second kappa shape index (κ2) is 8.67. The molecular formula is C22H19NO4. The molecule has 0 atom stereocenters. The summed E-state index contributed by atoms with van der Waals surface area (Å²) in [7, 11) is 1.33. The SMILES string of the molecule is COC(=O)c1ccc(NC(=O)c2ccccc2COc2ccccc2)cc1. The van der Waals surface area contributed by atoms with Gasteiger partial charge in [-0.3, -0.25) is 4.79 Å². The van der Waals surface area contributed by atoms with Gasteiger partial charge in [-0.25, -0.2) is 4.79 Å². The monoisotopic (exact) mass is 361 g/mol. The third-order valence-corrected chi connectivity index (χ3v) is 3.96. The molecular weight excluding hydrogens is 342 g/mol. The number of rotatable bonds is 6. The third kappa shape index (κ3) is 4.73. The van der Waals surface area contributed by atoms with Crippen LogP contribution in [0.4, 0.5) is 5.69 Å². The van der Waals surface area contributed by atoms with Crippen molar-refractivity contribution in [1.29, 1.82) is 0 Å². The van der Waals surface area contributed by atoms with Gasteiger partial charge >= 0.3 is 5.97 Å². The second-order valence-corrected chi connectivity index (χ2v) is 5.78. The Balaban J connectivity index is 1.70. The normalized spacial score (nSPS) is 10.1. The number of methoxy groups -OCH3 is 1. The molecule has 1 N–H and O–H groups in total. The van der Waals surface area contributed by atoms with Gasteiger partial charge in [-0.15, -0.1) is 0 Å². The lowest BCUT2D eigenvalue weighted by Gasteiger charge is -2.12. The molecule has 27 heavy (non-hydrogen) atoms. The first-order valence-electron chi connectivity index (χ1n) is 8.43. The Bertz CT molecular complexity index is 921. The Morgan fingerprint density at radius 1 is 0.852 bits per heavy atom. The van der Waals surface area contributed by atoms with Crippen LogP contribution in [0.15, 0.2) is 78.9 Å². The minimum atomic E-state index is -0.420. The highest BCUT2D eigenvalue weighted by atomic mass is 16.5. The largest absolute Gasteiger partial charge is 0.489 e. The van der Waals surface area contributed by atoms with E-state index < -0.39 is 5.97 Å². The Morgan fingerprint density at radius 2 is 1.52 bits per heavy atom. The maximum Gasteiger partial charge on any atom is 0.337 e. The van der Waals surface area contributed by atoms with E-state index in [4.69, 9.17) is 4.74 Å². The van der Waals surface area contributed by atoms with E-state index in [1.807, 2.05) is 42.5 Å². The van der Waals surface area contributed by atoms with E-state index in [0.717, 1.165) is 11.3 Å². The first-order chi connectivity index (χ1) is 13.2. The van der Waals surface area contributed by atoms with Gasteiger partial charge in [-0.05, 0) is 42.5 Å². The molecule has 3 rings (SSSR count). The number of benzene rings is 3. The van der Waals surface area contributed by atoms with Crippen molar-refractivity contribution in [2.75, 3.05) is 12.4 Å². The van der Waals surface area contributed by atoms with Crippen LogP contribution in [0.2, 0.25) is 0 Å². The van der Waals surface area contributed by atoms with Crippen LogP contribution >= 0.6 is 0 Å². The molecule has 0 heterocycles. The summed E-state index contributed by atoms with van der Waals surface area (Å²) in [5, 5.41) is 2.83. The number of hydrogen-bond donors (Lipinski definition) is 1. The van der Waals surface area contributed by atoms with E-state index in [1.54, 1.807) is 36.4 Å². The van der Waals surface area contributed by atoms with Gasteiger partial charge in [-0.2, -0.15) is 0 Å². The van der Waals surface area contributed by atoms with E-state index in [-0.39, 0.29) is 12.5 Å². The van der Waals surface area contributed by atoms with Crippen molar-refractivity contribution in [1.82, 2.24) is 0 Å². The highest BCUT2D eigenvalue weighted by molar-refractivity contribution is 6.05. The maximum atomic E-state index is 12.7. The van der Waals surface area contributed by atoms with Gasteiger partial charge in [0.15, 0.2) is 0 Å². The standard InChI is InChI=1S/C22H19NO4/c1-26-22(25)16-11-13-18(14-12-16)23-21(24)20-10-6-5-7-17(20)15-27-19-8-3-2-4-9-19/h2-14H,15H2,1H3,(H,23,24). The fourth-order valence-corrected chi connectivity index (χ4v) is 2.55. The molecule has 5 nitrogen and oxygen atoms in total. The highest BCUT2D eigenvalue weighted by Gasteiger charge is 2.12. The molecule has 0 saturated heterocycles. The fraction of sp³-hybridized carbons (Fsp3) is 0.0909. The summed E-state index contributed by atoms with van der Waals surface area (Å²) in [4.78, 5) is 24.1. The Kier molecular flexibility index (Phi) is 5.84. The van der Waals surface area contributed by atoms with E-state index in [9.17, 15) is 9.59 Å². The molecule has 0 aliphatic carbocycles. The van der Waals surface area contributed by atoms with Crippen molar-refractivity contribution in [2.45, 2.75) is 6.61 Å². The quantitative estimate of drug-likeness (QED) is 0.665. The summed E-state index contributed by atoms with van der Waals surface area (Å²) < 4.78 is 10.4. The van der Waals surface area contributed by atoms with Gasteiger partial charge < -0.3 is 14.8 Å². The predicted octanol–water partition coefficient (Wildman–Crippen LogP) is 4.30. The number of ether oxygens (including phenoxy) is 2. The smallest absolute Gasteiger partial charge is 0.337 e. The summed E-state index contributed by atoms with van der Waals surface area (Å²) >= 11 is 0. The lowest BCUT2D eigenvalue weighted by molar-refractivity contribution is 0.0600. The average molecular weight is 361 g/mol. The molecule has 0 unspecified atom stereocenters. The summed E-state index contributed by atoms with van der Waals surface area (Å²) in [5.74, 6) is 0.0791. The lowest BCUT2D eigenvalue weighted by Crippen LogP contribution is -2.15. The summed E-state index contributed by atoms with van der Waals surface area (Å²) in [6, 6.07) is 23.2. The first kappa shape index (κ1) is 18.2. The number of carbonyl (C=O) groups excluding carboxylic acids is 2. The van der Waals surface area contributed by atoms with Gasteiger partial charge in [0, 0.05) is 16.8 Å². The van der Waals surface area contributed by atoms with Crippen LogP contribution in [0.25, 0.3) is 0 Å². The van der Waals surface area contributed by atoms with E-state index in [2.05, 4.69) is 10.1 Å². The number of hydrogen-bond acceptors (Lipinski definition) is 4. The summed E-state index contributed by atoms with van der Waals surface area (Å²) in [5.41, 5.74) is 2.33. The van der Waals surface area contributed by atoms with Crippen LogP contribution < -0.4 is 10.1 Å². The second-order valence-electron chi connectivity index (χ2n) is 5.78. The highest BCUT2D eigenvalue weighted by Crippen LogP contribution is 2.17. The number of amides is 1. The van der Waals surface area contributed by atoms with Crippen molar-refractivity contribution >= 4 is 17.6 Å².